The molecule has 1 aliphatic carbocycles. The largest absolute Gasteiger partial charge is 0.338 e. The molecule has 1 aliphatic rings. The molecule has 3 rings (SSSR count). The maximum absolute atomic E-state index is 12.6. The van der Waals surface area contributed by atoms with Crippen molar-refractivity contribution in [1.29, 1.82) is 0 Å². The highest BCUT2D eigenvalue weighted by molar-refractivity contribution is 8.03. The summed E-state index contributed by atoms with van der Waals surface area (Å²) in [4.78, 5) is 14.5. The number of rotatable bonds is 5. The van der Waals surface area contributed by atoms with Crippen molar-refractivity contribution in [3.63, 3.8) is 0 Å². The van der Waals surface area contributed by atoms with E-state index in [2.05, 4.69) is 34.5 Å². The lowest BCUT2D eigenvalue weighted by Gasteiger charge is -2.33. The SMILES string of the molecule is CSc1nnc(SCC(=O)N(C)[C@@H]2CCCc3ccccc32)s1. The lowest BCUT2D eigenvalue weighted by atomic mass is 9.87. The molecular formula is C16H19N3OS3. The fraction of sp³-hybridized carbons (Fsp3) is 0.438. The van der Waals surface area contributed by atoms with Crippen molar-refractivity contribution >= 4 is 40.8 Å². The molecule has 0 N–H and O–H groups in total. The summed E-state index contributed by atoms with van der Waals surface area (Å²) in [5.41, 5.74) is 2.69. The van der Waals surface area contributed by atoms with Crippen molar-refractivity contribution in [1.82, 2.24) is 15.1 Å². The van der Waals surface area contributed by atoms with Crippen LogP contribution in [0.1, 0.15) is 30.0 Å². The van der Waals surface area contributed by atoms with Crippen LogP contribution in [-0.2, 0) is 11.2 Å². The lowest BCUT2D eigenvalue weighted by molar-refractivity contribution is -0.129. The van der Waals surface area contributed by atoms with Gasteiger partial charge in [-0.2, -0.15) is 0 Å². The quantitative estimate of drug-likeness (QED) is 0.752. The first kappa shape index (κ1) is 16.8. The summed E-state index contributed by atoms with van der Waals surface area (Å²) in [6, 6.07) is 8.68. The van der Waals surface area contributed by atoms with Gasteiger partial charge in [0.1, 0.15) is 0 Å². The number of thioether (sulfide) groups is 2. The molecule has 122 valence electrons. The number of carbonyl (C=O) groups excluding carboxylic acids is 1. The minimum Gasteiger partial charge on any atom is -0.338 e. The van der Waals surface area contributed by atoms with Crippen LogP contribution in [-0.4, -0.2) is 40.1 Å². The van der Waals surface area contributed by atoms with Crippen LogP contribution in [0, 0.1) is 0 Å². The average Bonchev–Trinajstić information content (AvgIpc) is 3.06. The third-order valence-electron chi connectivity index (χ3n) is 4.08. The standard InChI is InChI=1S/C16H19N3OS3/c1-19(13-9-5-7-11-6-3-4-8-12(11)13)14(20)10-22-16-18-17-15(21-2)23-16/h3-4,6,8,13H,5,7,9-10H2,1-2H3/t13-/m1/s1. The lowest BCUT2D eigenvalue weighted by Crippen LogP contribution is -2.34. The summed E-state index contributed by atoms with van der Waals surface area (Å²) in [6.45, 7) is 0. The number of hydrogen-bond donors (Lipinski definition) is 0. The molecule has 0 radical (unpaired) electrons. The number of benzene rings is 1. The van der Waals surface area contributed by atoms with Crippen LogP contribution in [0.3, 0.4) is 0 Å². The van der Waals surface area contributed by atoms with Crippen molar-refractivity contribution in [2.75, 3.05) is 19.1 Å². The van der Waals surface area contributed by atoms with E-state index in [-0.39, 0.29) is 11.9 Å². The maximum atomic E-state index is 12.6. The van der Waals surface area contributed by atoms with E-state index in [1.54, 1.807) is 23.1 Å². The second-order valence-electron chi connectivity index (χ2n) is 5.44. The number of hydrogen-bond acceptors (Lipinski definition) is 6. The molecule has 1 heterocycles. The summed E-state index contributed by atoms with van der Waals surface area (Å²) < 4.78 is 1.80. The van der Waals surface area contributed by atoms with Gasteiger partial charge in [0.25, 0.3) is 0 Å². The van der Waals surface area contributed by atoms with Crippen LogP contribution >= 0.6 is 34.9 Å². The van der Waals surface area contributed by atoms with Gasteiger partial charge in [-0.05, 0) is 36.6 Å². The Kier molecular flexibility index (Phi) is 5.61. The van der Waals surface area contributed by atoms with Gasteiger partial charge in [-0.1, -0.05) is 59.1 Å². The molecule has 0 saturated heterocycles. The fourth-order valence-electron chi connectivity index (χ4n) is 2.87. The Morgan fingerprint density at radius 2 is 2.13 bits per heavy atom. The topological polar surface area (TPSA) is 46.1 Å². The van der Waals surface area contributed by atoms with E-state index in [0.29, 0.717) is 5.75 Å². The molecule has 0 unspecified atom stereocenters. The zero-order chi connectivity index (χ0) is 16.2. The minimum atomic E-state index is 0.151. The fourth-order valence-corrected chi connectivity index (χ4v) is 5.23. The predicted molar refractivity (Wildman–Crippen MR) is 97.3 cm³/mol. The highest BCUT2D eigenvalue weighted by Gasteiger charge is 2.26. The average molecular weight is 366 g/mol. The Morgan fingerprint density at radius 1 is 1.35 bits per heavy atom. The third-order valence-corrected chi connectivity index (χ3v) is 7.10. The molecule has 0 fully saturated rings. The molecule has 1 aromatic carbocycles. The van der Waals surface area contributed by atoms with Crippen LogP contribution in [0.25, 0.3) is 0 Å². The Morgan fingerprint density at radius 3 is 2.91 bits per heavy atom. The van der Waals surface area contributed by atoms with Crippen LogP contribution in [0.2, 0.25) is 0 Å². The number of aromatic nitrogens is 2. The smallest absolute Gasteiger partial charge is 0.233 e. The summed E-state index contributed by atoms with van der Waals surface area (Å²) in [5.74, 6) is 0.565. The van der Waals surface area contributed by atoms with Gasteiger partial charge in [-0.25, -0.2) is 0 Å². The number of nitrogens with zero attached hydrogens (tertiary/aromatic N) is 3. The van der Waals surface area contributed by atoms with Gasteiger partial charge in [0.15, 0.2) is 8.68 Å². The highest BCUT2D eigenvalue weighted by Crippen LogP contribution is 2.34. The third kappa shape index (κ3) is 3.89. The van der Waals surface area contributed by atoms with Crippen molar-refractivity contribution in [3.8, 4) is 0 Å². The normalized spacial score (nSPS) is 16.9. The van der Waals surface area contributed by atoms with Crippen LogP contribution < -0.4 is 0 Å². The van der Waals surface area contributed by atoms with Gasteiger partial charge in [-0.3, -0.25) is 4.79 Å². The number of fused-ring (bicyclic) bond motifs is 1. The van der Waals surface area contributed by atoms with Gasteiger partial charge in [0.05, 0.1) is 11.8 Å². The maximum Gasteiger partial charge on any atom is 0.233 e. The summed E-state index contributed by atoms with van der Waals surface area (Å²) >= 11 is 4.60. The molecule has 0 saturated carbocycles. The zero-order valence-corrected chi connectivity index (χ0v) is 15.6. The molecule has 7 heteroatoms. The number of carbonyl (C=O) groups is 1. The van der Waals surface area contributed by atoms with Crippen LogP contribution in [0.15, 0.2) is 32.9 Å². The minimum absolute atomic E-state index is 0.151. The van der Waals surface area contributed by atoms with Gasteiger partial charge >= 0.3 is 0 Å². The molecule has 0 spiro atoms. The summed E-state index contributed by atoms with van der Waals surface area (Å²) in [5, 5.41) is 8.17. The van der Waals surface area contributed by atoms with E-state index < -0.39 is 0 Å². The van der Waals surface area contributed by atoms with E-state index in [0.717, 1.165) is 27.9 Å². The molecule has 1 aromatic heterocycles. The van der Waals surface area contributed by atoms with Crippen LogP contribution in [0.4, 0.5) is 0 Å². The molecular weight excluding hydrogens is 346 g/mol. The van der Waals surface area contributed by atoms with E-state index in [4.69, 9.17) is 0 Å². The Balaban J connectivity index is 1.64. The number of aryl methyl sites for hydroxylation is 1. The Labute approximate surface area is 149 Å². The van der Waals surface area contributed by atoms with Crippen molar-refractivity contribution in [2.24, 2.45) is 0 Å². The second-order valence-corrected chi connectivity index (χ2v) is 8.69. The molecule has 4 nitrogen and oxygen atoms in total. The monoisotopic (exact) mass is 365 g/mol. The highest BCUT2D eigenvalue weighted by atomic mass is 32.2. The van der Waals surface area contributed by atoms with E-state index >= 15 is 0 Å². The molecule has 0 bridgehead atoms. The number of amides is 1. The molecule has 2 aromatic rings. The van der Waals surface area contributed by atoms with Crippen molar-refractivity contribution in [3.05, 3.63) is 35.4 Å². The van der Waals surface area contributed by atoms with Gasteiger partial charge in [-0.15, -0.1) is 10.2 Å². The van der Waals surface area contributed by atoms with Gasteiger partial charge < -0.3 is 4.90 Å². The predicted octanol–water partition coefficient (Wildman–Crippen LogP) is 3.89. The van der Waals surface area contributed by atoms with E-state index in [1.807, 2.05) is 18.2 Å². The Bertz CT molecular complexity index is 689. The Hall–Kier alpha value is -1.05. The first-order valence-electron chi connectivity index (χ1n) is 7.53. The van der Waals surface area contributed by atoms with Gasteiger partial charge in [0.2, 0.25) is 5.91 Å². The van der Waals surface area contributed by atoms with E-state index in [1.165, 1.54) is 22.9 Å². The van der Waals surface area contributed by atoms with Crippen molar-refractivity contribution in [2.45, 2.75) is 34.0 Å². The zero-order valence-electron chi connectivity index (χ0n) is 13.2. The molecule has 1 atom stereocenters. The summed E-state index contributed by atoms with van der Waals surface area (Å²) in [7, 11) is 1.92. The van der Waals surface area contributed by atoms with Crippen molar-refractivity contribution < 1.29 is 4.79 Å². The van der Waals surface area contributed by atoms with Crippen LogP contribution in [0.5, 0.6) is 0 Å². The first-order valence-corrected chi connectivity index (χ1v) is 10.6. The molecule has 1 amide bonds. The molecule has 0 aliphatic heterocycles. The second kappa shape index (κ2) is 7.68. The van der Waals surface area contributed by atoms with Gasteiger partial charge in [0, 0.05) is 7.05 Å². The first-order chi connectivity index (χ1) is 11.2. The molecule has 23 heavy (non-hydrogen) atoms. The summed E-state index contributed by atoms with van der Waals surface area (Å²) in [6.07, 6.45) is 5.28. The van der Waals surface area contributed by atoms with E-state index in [9.17, 15) is 4.79 Å².